The van der Waals surface area contributed by atoms with Gasteiger partial charge in [-0.05, 0) is 12.3 Å². The molecule has 0 bridgehead atoms. The molecule has 0 unspecified atom stereocenters. The zero-order chi connectivity index (χ0) is 13.9. The van der Waals surface area contributed by atoms with Crippen LogP contribution in [-0.2, 0) is 4.74 Å². The molecule has 0 saturated carbocycles. The van der Waals surface area contributed by atoms with Gasteiger partial charge in [-0.1, -0.05) is 18.2 Å². The van der Waals surface area contributed by atoms with Crippen LogP contribution < -0.4 is 4.90 Å². The van der Waals surface area contributed by atoms with Crippen LogP contribution in [0.5, 0.6) is 0 Å². The lowest BCUT2D eigenvalue weighted by molar-refractivity contribution is 0.123. The normalized spacial score (nSPS) is 15.3. The summed E-state index contributed by atoms with van der Waals surface area (Å²) in [4.78, 5) is 6.84. The van der Waals surface area contributed by atoms with Crippen molar-refractivity contribution in [2.45, 2.75) is 5.03 Å². The summed E-state index contributed by atoms with van der Waals surface area (Å²) in [7, 11) is 0. The van der Waals surface area contributed by atoms with E-state index in [0.717, 1.165) is 34.7 Å². The second kappa shape index (κ2) is 5.70. The van der Waals surface area contributed by atoms with Crippen LogP contribution in [0.15, 0.2) is 29.3 Å². The summed E-state index contributed by atoms with van der Waals surface area (Å²) < 4.78 is 5.42. The van der Waals surface area contributed by atoms with E-state index in [1.54, 1.807) is 0 Å². The molecule has 0 aliphatic carbocycles. The van der Waals surface area contributed by atoms with Crippen LogP contribution in [0.25, 0.3) is 10.9 Å². The number of nitriles is 1. The maximum atomic E-state index is 9.56. The van der Waals surface area contributed by atoms with Crippen molar-refractivity contribution in [2.24, 2.45) is 0 Å². The number of hydrogen-bond donors (Lipinski definition) is 0. The van der Waals surface area contributed by atoms with Gasteiger partial charge in [-0.25, -0.2) is 4.98 Å². The number of thioether (sulfide) groups is 1. The second-order valence-electron chi connectivity index (χ2n) is 4.57. The van der Waals surface area contributed by atoms with Gasteiger partial charge in [0.1, 0.15) is 16.7 Å². The number of anilines is 1. The number of nitrogens with zero attached hydrogens (tertiary/aromatic N) is 3. The van der Waals surface area contributed by atoms with Gasteiger partial charge in [0.2, 0.25) is 0 Å². The van der Waals surface area contributed by atoms with E-state index in [2.05, 4.69) is 16.0 Å². The standard InChI is InChI=1S/C15H15N3OS/c1-20-15-12(10-16)14(18-6-8-19-9-7-18)11-4-2-3-5-13(11)17-15/h2-5H,6-9H2,1H3. The number of fused-ring (bicyclic) bond motifs is 1. The molecule has 1 aromatic heterocycles. The van der Waals surface area contributed by atoms with Gasteiger partial charge >= 0.3 is 0 Å². The minimum atomic E-state index is 0.679. The Labute approximate surface area is 122 Å². The van der Waals surface area contributed by atoms with Gasteiger partial charge in [0.25, 0.3) is 0 Å². The molecule has 102 valence electrons. The van der Waals surface area contributed by atoms with E-state index in [1.807, 2.05) is 30.5 Å². The highest BCUT2D eigenvalue weighted by Gasteiger charge is 2.21. The monoisotopic (exact) mass is 285 g/mol. The molecule has 1 fully saturated rings. The molecule has 2 heterocycles. The Morgan fingerprint density at radius 1 is 1.30 bits per heavy atom. The third-order valence-electron chi connectivity index (χ3n) is 3.46. The van der Waals surface area contributed by atoms with Crippen molar-refractivity contribution in [2.75, 3.05) is 37.5 Å². The van der Waals surface area contributed by atoms with Crippen molar-refractivity contribution in [3.8, 4) is 6.07 Å². The van der Waals surface area contributed by atoms with Crippen molar-refractivity contribution in [3.63, 3.8) is 0 Å². The van der Waals surface area contributed by atoms with Gasteiger partial charge in [-0.3, -0.25) is 0 Å². The van der Waals surface area contributed by atoms with Gasteiger partial charge in [0, 0.05) is 18.5 Å². The number of pyridine rings is 1. The molecule has 2 aromatic rings. The SMILES string of the molecule is CSc1nc2ccccc2c(N2CCOCC2)c1C#N. The van der Waals surface area contributed by atoms with Gasteiger partial charge < -0.3 is 9.64 Å². The number of benzene rings is 1. The average Bonchev–Trinajstić information content (AvgIpc) is 2.53. The minimum Gasteiger partial charge on any atom is -0.378 e. The molecule has 4 nitrogen and oxygen atoms in total. The smallest absolute Gasteiger partial charge is 0.116 e. The van der Waals surface area contributed by atoms with Crippen LogP contribution in [0.2, 0.25) is 0 Å². The summed E-state index contributed by atoms with van der Waals surface area (Å²) in [6.45, 7) is 3.04. The molecule has 5 heteroatoms. The van der Waals surface area contributed by atoms with E-state index in [1.165, 1.54) is 11.8 Å². The molecule has 1 saturated heterocycles. The first kappa shape index (κ1) is 13.2. The number of ether oxygens (including phenoxy) is 1. The highest BCUT2D eigenvalue weighted by atomic mass is 32.2. The zero-order valence-corrected chi connectivity index (χ0v) is 12.1. The number of rotatable bonds is 2. The maximum Gasteiger partial charge on any atom is 0.116 e. The van der Waals surface area contributed by atoms with Crippen molar-refractivity contribution >= 4 is 28.4 Å². The maximum absolute atomic E-state index is 9.56. The Hall–Kier alpha value is -1.77. The minimum absolute atomic E-state index is 0.679. The predicted molar refractivity (Wildman–Crippen MR) is 81.3 cm³/mol. The molecule has 0 N–H and O–H groups in total. The third kappa shape index (κ3) is 2.21. The summed E-state index contributed by atoms with van der Waals surface area (Å²) in [5.41, 5.74) is 2.63. The highest BCUT2D eigenvalue weighted by Crippen LogP contribution is 2.35. The fourth-order valence-electron chi connectivity index (χ4n) is 2.54. The first-order valence-electron chi connectivity index (χ1n) is 6.54. The topological polar surface area (TPSA) is 49.2 Å². The summed E-state index contributed by atoms with van der Waals surface area (Å²) in [6.07, 6.45) is 1.96. The third-order valence-corrected chi connectivity index (χ3v) is 4.15. The molecular weight excluding hydrogens is 270 g/mol. The van der Waals surface area contributed by atoms with Crippen LogP contribution in [0, 0.1) is 11.3 Å². The van der Waals surface area contributed by atoms with Crippen LogP contribution in [0.3, 0.4) is 0 Å². The van der Waals surface area contributed by atoms with Gasteiger partial charge in [-0.15, -0.1) is 11.8 Å². The summed E-state index contributed by atoms with van der Waals surface area (Å²) in [5, 5.41) is 11.4. The van der Waals surface area contributed by atoms with E-state index in [-0.39, 0.29) is 0 Å². The van der Waals surface area contributed by atoms with Crippen molar-refractivity contribution in [1.82, 2.24) is 4.98 Å². The van der Waals surface area contributed by atoms with E-state index in [0.29, 0.717) is 18.8 Å². The molecule has 0 atom stereocenters. The first-order chi connectivity index (χ1) is 9.85. The van der Waals surface area contributed by atoms with E-state index in [9.17, 15) is 5.26 Å². The van der Waals surface area contributed by atoms with Crippen LogP contribution in [0.1, 0.15) is 5.56 Å². The van der Waals surface area contributed by atoms with Gasteiger partial charge in [0.05, 0.1) is 24.4 Å². The van der Waals surface area contributed by atoms with Gasteiger partial charge in [-0.2, -0.15) is 5.26 Å². The molecular formula is C15H15N3OS. The second-order valence-corrected chi connectivity index (χ2v) is 5.37. The van der Waals surface area contributed by atoms with Crippen molar-refractivity contribution < 1.29 is 4.74 Å². The number of aromatic nitrogens is 1. The van der Waals surface area contributed by atoms with Crippen LogP contribution in [0.4, 0.5) is 5.69 Å². The average molecular weight is 285 g/mol. The number of hydrogen-bond acceptors (Lipinski definition) is 5. The van der Waals surface area contributed by atoms with Crippen molar-refractivity contribution in [1.29, 1.82) is 5.26 Å². The largest absolute Gasteiger partial charge is 0.378 e. The summed E-state index contributed by atoms with van der Waals surface area (Å²) in [6, 6.07) is 10.4. The Kier molecular flexibility index (Phi) is 3.77. The van der Waals surface area contributed by atoms with Crippen LogP contribution in [-0.4, -0.2) is 37.5 Å². The van der Waals surface area contributed by atoms with E-state index in [4.69, 9.17) is 4.74 Å². The molecule has 0 amide bonds. The molecule has 0 radical (unpaired) electrons. The van der Waals surface area contributed by atoms with Crippen molar-refractivity contribution in [3.05, 3.63) is 29.8 Å². The Morgan fingerprint density at radius 2 is 2.05 bits per heavy atom. The molecule has 20 heavy (non-hydrogen) atoms. The number of para-hydroxylation sites is 1. The fraction of sp³-hybridized carbons (Fsp3) is 0.333. The summed E-state index contributed by atoms with van der Waals surface area (Å²) >= 11 is 1.52. The lowest BCUT2D eigenvalue weighted by Gasteiger charge is -2.30. The van der Waals surface area contributed by atoms with E-state index < -0.39 is 0 Å². The van der Waals surface area contributed by atoms with Gasteiger partial charge in [0.15, 0.2) is 0 Å². The molecule has 3 rings (SSSR count). The van der Waals surface area contributed by atoms with E-state index >= 15 is 0 Å². The molecule has 1 aliphatic heterocycles. The quantitative estimate of drug-likeness (QED) is 0.794. The molecule has 1 aliphatic rings. The first-order valence-corrected chi connectivity index (χ1v) is 7.77. The molecule has 1 aromatic carbocycles. The Balaban J connectivity index is 2.27. The molecule has 0 spiro atoms. The lowest BCUT2D eigenvalue weighted by atomic mass is 10.1. The zero-order valence-electron chi connectivity index (χ0n) is 11.3. The number of morpholine rings is 1. The Morgan fingerprint density at radius 3 is 2.75 bits per heavy atom. The Bertz CT molecular complexity index is 675. The highest BCUT2D eigenvalue weighted by molar-refractivity contribution is 7.98. The fourth-order valence-corrected chi connectivity index (χ4v) is 3.07. The summed E-state index contributed by atoms with van der Waals surface area (Å²) in [5.74, 6) is 0. The van der Waals surface area contributed by atoms with Crippen LogP contribution >= 0.6 is 11.8 Å². The predicted octanol–water partition coefficient (Wildman–Crippen LogP) is 2.66. The lowest BCUT2D eigenvalue weighted by Crippen LogP contribution is -2.37.